The van der Waals surface area contributed by atoms with Gasteiger partial charge in [0.05, 0.1) is 0 Å². The molecule has 2 amide bonds. The van der Waals surface area contributed by atoms with Crippen molar-refractivity contribution in [1.82, 2.24) is 14.8 Å². The first-order chi connectivity index (χ1) is 11.8. The van der Waals surface area contributed by atoms with Crippen LogP contribution >= 0.6 is 0 Å². The van der Waals surface area contributed by atoms with Crippen LogP contribution in [0.4, 0.5) is 4.79 Å². The molecule has 25 heavy (non-hydrogen) atoms. The maximum absolute atomic E-state index is 13.1. The van der Waals surface area contributed by atoms with Gasteiger partial charge in [-0.3, -0.25) is 14.7 Å². The quantitative estimate of drug-likeness (QED) is 0.839. The highest BCUT2D eigenvalue weighted by molar-refractivity contribution is 5.86. The number of rotatable bonds is 4. The third-order valence-electron chi connectivity index (χ3n) is 4.21. The highest BCUT2D eigenvalue weighted by Crippen LogP contribution is 2.22. The second-order valence-corrected chi connectivity index (χ2v) is 7.40. The van der Waals surface area contributed by atoms with Gasteiger partial charge in [-0.15, -0.1) is 0 Å². The van der Waals surface area contributed by atoms with Crippen LogP contribution in [-0.2, 0) is 16.1 Å². The van der Waals surface area contributed by atoms with Crippen molar-refractivity contribution < 1.29 is 14.3 Å². The van der Waals surface area contributed by atoms with Gasteiger partial charge in [-0.1, -0.05) is 6.07 Å². The Hall–Kier alpha value is -2.11. The number of likely N-dealkylation sites (N-methyl/N-ethyl adjacent to an activating group) is 1. The lowest BCUT2D eigenvalue weighted by Crippen LogP contribution is -2.53. The van der Waals surface area contributed by atoms with E-state index >= 15 is 0 Å². The minimum Gasteiger partial charge on any atom is -0.444 e. The molecule has 0 bridgehead atoms. The molecule has 2 rings (SSSR count). The van der Waals surface area contributed by atoms with Crippen molar-refractivity contribution in [1.29, 1.82) is 0 Å². The van der Waals surface area contributed by atoms with Crippen LogP contribution in [0, 0.1) is 0 Å². The van der Waals surface area contributed by atoms with Crippen LogP contribution in [-0.4, -0.2) is 51.5 Å². The number of nitrogens with zero attached hydrogens (tertiary/aromatic N) is 3. The van der Waals surface area contributed by atoms with E-state index in [1.54, 1.807) is 22.2 Å². The molecule has 0 radical (unpaired) electrons. The Morgan fingerprint density at radius 3 is 2.72 bits per heavy atom. The number of carbonyl (C=O) groups is 2. The normalized spacial score (nSPS) is 17.9. The molecule has 1 saturated heterocycles. The Bertz CT molecular complexity index is 583. The Morgan fingerprint density at radius 1 is 1.36 bits per heavy atom. The van der Waals surface area contributed by atoms with Crippen LogP contribution in [0.25, 0.3) is 0 Å². The minimum absolute atomic E-state index is 0.0167. The Morgan fingerprint density at radius 2 is 2.12 bits per heavy atom. The van der Waals surface area contributed by atoms with Gasteiger partial charge in [0.15, 0.2) is 0 Å². The zero-order valence-electron chi connectivity index (χ0n) is 15.7. The predicted octanol–water partition coefficient (Wildman–Crippen LogP) is 3.22. The number of carbonyl (C=O) groups excluding carboxylic acids is 2. The van der Waals surface area contributed by atoms with Gasteiger partial charge in [-0.05, 0) is 58.6 Å². The maximum Gasteiger partial charge on any atom is 0.410 e. The summed E-state index contributed by atoms with van der Waals surface area (Å²) in [6.45, 7) is 9.13. The van der Waals surface area contributed by atoms with Crippen LogP contribution in [0.2, 0.25) is 0 Å². The van der Waals surface area contributed by atoms with E-state index in [9.17, 15) is 9.59 Å². The largest absolute Gasteiger partial charge is 0.444 e. The van der Waals surface area contributed by atoms with Crippen molar-refractivity contribution in [3.8, 4) is 0 Å². The van der Waals surface area contributed by atoms with Crippen LogP contribution in [0.15, 0.2) is 24.5 Å². The maximum atomic E-state index is 13.1. The molecule has 6 heteroatoms. The molecule has 1 aromatic rings. The van der Waals surface area contributed by atoms with Crippen molar-refractivity contribution in [2.75, 3.05) is 13.1 Å². The van der Waals surface area contributed by atoms with E-state index < -0.39 is 17.7 Å². The SMILES string of the molecule is CCN(Cc1cccnc1)C(=O)C1CCCCN1C(=O)OC(C)(C)C. The molecule has 1 aliphatic heterocycles. The summed E-state index contributed by atoms with van der Waals surface area (Å²) < 4.78 is 5.50. The summed E-state index contributed by atoms with van der Waals surface area (Å²) >= 11 is 0. The molecule has 0 N–H and O–H groups in total. The van der Waals surface area contributed by atoms with Gasteiger partial charge < -0.3 is 9.64 Å². The Balaban J connectivity index is 2.11. The average Bonchev–Trinajstić information content (AvgIpc) is 2.58. The van der Waals surface area contributed by atoms with Crippen molar-refractivity contribution in [3.63, 3.8) is 0 Å². The molecule has 1 aromatic heterocycles. The van der Waals surface area contributed by atoms with Crippen LogP contribution in [0.5, 0.6) is 0 Å². The van der Waals surface area contributed by atoms with Crippen molar-refractivity contribution in [2.24, 2.45) is 0 Å². The van der Waals surface area contributed by atoms with E-state index in [4.69, 9.17) is 4.74 Å². The number of hydrogen-bond donors (Lipinski definition) is 0. The molecule has 0 spiro atoms. The number of ether oxygens (including phenoxy) is 1. The zero-order chi connectivity index (χ0) is 18.4. The molecule has 0 aliphatic carbocycles. The standard InChI is InChI=1S/C19H29N3O3/c1-5-21(14-15-9-8-11-20-13-15)17(23)16-10-6-7-12-22(16)18(24)25-19(2,3)4/h8-9,11,13,16H,5-7,10,12,14H2,1-4H3. The smallest absolute Gasteiger partial charge is 0.410 e. The third kappa shape index (κ3) is 5.44. The molecular weight excluding hydrogens is 318 g/mol. The van der Waals surface area contributed by atoms with Gasteiger partial charge in [0.25, 0.3) is 0 Å². The van der Waals surface area contributed by atoms with Gasteiger partial charge in [-0.25, -0.2) is 4.79 Å². The van der Waals surface area contributed by atoms with Gasteiger partial charge in [0.1, 0.15) is 11.6 Å². The average molecular weight is 347 g/mol. The van der Waals surface area contributed by atoms with E-state index in [-0.39, 0.29) is 5.91 Å². The minimum atomic E-state index is -0.567. The van der Waals surface area contributed by atoms with Crippen molar-refractivity contribution >= 4 is 12.0 Å². The summed E-state index contributed by atoms with van der Waals surface area (Å²) in [6.07, 6.45) is 5.61. The number of amides is 2. The summed E-state index contributed by atoms with van der Waals surface area (Å²) in [7, 11) is 0. The van der Waals surface area contributed by atoms with E-state index in [1.165, 1.54) is 0 Å². The summed E-state index contributed by atoms with van der Waals surface area (Å²) in [5.74, 6) is -0.0167. The van der Waals surface area contributed by atoms with Gasteiger partial charge in [0, 0.05) is 32.0 Å². The van der Waals surface area contributed by atoms with Crippen LogP contribution < -0.4 is 0 Å². The first kappa shape index (κ1) is 19.2. The zero-order valence-corrected chi connectivity index (χ0v) is 15.7. The summed E-state index contributed by atoms with van der Waals surface area (Å²) in [6, 6.07) is 3.37. The third-order valence-corrected chi connectivity index (χ3v) is 4.21. The lowest BCUT2D eigenvalue weighted by Gasteiger charge is -2.38. The molecule has 6 nitrogen and oxygen atoms in total. The van der Waals surface area contributed by atoms with Gasteiger partial charge >= 0.3 is 6.09 Å². The van der Waals surface area contributed by atoms with Crippen LogP contribution in [0.3, 0.4) is 0 Å². The van der Waals surface area contributed by atoms with E-state index in [2.05, 4.69) is 4.98 Å². The fraction of sp³-hybridized carbons (Fsp3) is 0.632. The predicted molar refractivity (Wildman–Crippen MR) is 95.9 cm³/mol. The molecule has 0 saturated carbocycles. The Kier molecular flexibility index (Phi) is 6.39. The number of pyridine rings is 1. The summed E-state index contributed by atoms with van der Waals surface area (Å²) in [4.78, 5) is 33.1. The molecule has 1 fully saturated rings. The fourth-order valence-corrected chi connectivity index (χ4v) is 3.00. The number of piperidine rings is 1. The molecule has 1 unspecified atom stereocenters. The lowest BCUT2D eigenvalue weighted by molar-refractivity contribution is -0.138. The molecular formula is C19H29N3O3. The molecule has 0 aromatic carbocycles. The second kappa shape index (κ2) is 8.32. The number of likely N-dealkylation sites (tertiary alicyclic amines) is 1. The monoisotopic (exact) mass is 347 g/mol. The van der Waals surface area contributed by atoms with Crippen molar-refractivity contribution in [2.45, 2.75) is 65.1 Å². The molecule has 138 valence electrons. The lowest BCUT2D eigenvalue weighted by atomic mass is 10.0. The molecule has 2 heterocycles. The first-order valence-electron chi connectivity index (χ1n) is 8.99. The fourth-order valence-electron chi connectivity index (χ4n) is 3.00. The summed E-state index contributed by atoms with van der Waals surface area (Å²) in [5, 5.41) is 0. The van der Waals surface area contributed by atoms with E-state index in [0.29, 0.717) is 26.1 Å². The molecule has 1 atom stereocenters. The van der Waals surface area contributed by atoms with Gasteiger partial charge in [0.2, 0.25) is 5.91 Å². The first-order valence-corrected chi connectivity index (χ1v) is 8.99. The molecule has 1 aliphatic rings. The van der Waals surface area contributed by atoms with E-state index in [1.807, 2.05) is 39.8 Å². The highest BCUT2D eigenvalue weighted by atomic mass is 16.6. The highest BCUT2D eigenvalue weighted by Gasteiger charge is 2.36. The Labute approximate surface area is 150 Å². The number of aromatic nitrogens is 1. The van der Waals surface area contributed by atoms with Crippen molar-refractivity contribution in [3.05, 3.63) is 30.1 Å². The van der Waals surface area contributed by atoms with Crippen LogP contribution in [0.1, 0.15) is 52.5 Å². The number of hydrogen-bond acceptors (Lipinski definition) is 4. The topological polar surface area (TPSA) is 62.7 Å². The second-order valence-electron chi connectivity index (χ2n) is 7.40. The van der Waals surface area contributed by atoms with E-state index in [0.717, 1.165) is 18.4 Å². The summed E-state index contributed by atoms with van der Waals surface area (Å²) in [5.41, 5.74) is 0.416. The van der Waals surface area contributed by atoms with Gasteiger partial charge in [-0.2, -0.15) is 0 Å².